The SMILES string of the molecule is COc1ccc(C)cc1NC(=O)c1ccnc(C(=O)Nc2ccc(F)cc2F)c1. The molecule has 2 N–H and O–H groups in total. The molecule has 0 radical (unpaired) electrons. The maximum atomic E-state index is 13.7. The summed E-state index contributed by atoms with van der Waals surface area (Å²) in [5, 5.41) is 5.03. The Kier molecular flexibility index (Phi) is 5.82. The molecule has 2 aromatic carbocycles. The fourth-order valence-corrected chi connectivity index (χ4v) is 2.59. The second kappa shape index (κ2) is 8.47. The number of amides is 2. The molecule has 3 rings (SSSR count). The maximum Gasteiger partial charge on any atom is 0.274 e. The fraction of sp³-hybridized carbons (Fsp3) is 0.0952. The summed E-state index contributed by atoms with van der Waals surface area (Å²) in [4.78, 5) is 28.8. The van der Waals surface area contributed by atoms with E-state index >= 15 is 0 Å². The van der Waals surface area contributed by atoms with Crippen molar-refractivity contribution in [3.05, 3.63) is 83.2 Å². The van der Waals surface area contributed by atoms with Gasteiger partial charge in [-0.2, -0.15) is 0 Å². The van der Waals surface area contributed by atoms with Gasteiger partial charge < -0.3 is 15.4 Å². The predicted octanol–water partition coefficient (Wildman–Crippen LogP) is 4.18. The number of rotatable bonds is 5. The Morgan fingerprint density at radius 3 is 2.41 bits per heavy atom. The average molecular weight is 397 g/mol. The number of carbonyl (C=O) groups is 2. The largest absolute Gasteiger partial charge is 0.495 e. The van der Waals surface area contributed by atoms with Crippen molar-refractivity contribution in [3.63, 3.8) is 0 Å². The zero-order chi connectivity index (χ0) is 21.0. The summed E-state index contributed by atoms with van der Waals surface area (Å²) >= 11 is 0. The Bertz CT molecular complexity index is 1090. The van der Waals surface area contributed by atoms with E-state index in [9.17, 15) is 18.4 Å². The zero-order valence-corrected chi connectivity index (χ0v) is 15.6. The average Bonchev–Trinajstić information content (AvgIpc) is 2.70. The molecule has 0 aliphatic rings. The number of nitrogens with zero attached hydrogens (tertiary/aromatic N) is 1. The molecular weight excluding hydrogens is 380 g/mol. The smallest absolute Gasteiger partial charge is 0.274 e. The third-order valence-corrected chi connectivity index (χ3v) is 4.04. The van der Waals surface area contributed by atoms with Gasteiger partial charge in [0.2, 0.25) is 0 Å². The highest BCUT2D eigenvalue weighted by Gasteiger charge is 2.15. The topological polar surface area (TPSA) is 80.3 Å². The Hall–Kier alpha value is -3.81. The van der Waals surface area contributed by atoms with Gasteiger partial charge in [-0.15, -0.1) is 0 Å². The number of halogens is 2. The molecule has 0 aliphatic heterocycles. The number of benzene rings is 2. The quantitative estimate of drug-likeness (QED) is 0.677. The molecule has 1 heterocycles. The van der Waals surface area contributed by atoms with Crippen molar-refractivity contribution in [1.29, 1.82) is 0 Å². The first-order valence-electron chi connectivity index (χ1n) is 8.56. The van der Waals surface area contributed by atoms with Crippen LogP contribution in [-0.4, -0.2) is 23.9 Å². The fourth-order valence-electron chi connectivity index (χ4n) is 2.59. The molecule has 0 atom stereocenters. The molecule has 8 heteroatoms. The van der Waals surface area contributed by atoms with Crippen LogP contribution in [0.15, 0.2) is 54.7 Å². The van der Waals surface area contributed by atoms with Crippen molar-refractivity contribution < 1.29 is 23.1 Å². The summed E-state index contributed by atoms with van der Waals surface area (Å²) in [6.07, 6.45) is 1.29. The van der Waals surface area contributed by atoms with Gasteiger partial charge >= 0.3 is 0 Å². The van der Waals surface area contributed by atoms with Crippen molar-refractivity contribution in [2.75, 3.05) is 17.7 Å². The predicted molar refractivity (Wildman–Crippen MR) is 104 cm³/mol. The first-order valence-corrected chi connectivity index (χ1v) is 8.56. The molecule has 0 saturated carbocycles. The molecule has 148 valence electrons. The molecule has 0 unspecified atom stereocenters. The van der Waals surface area contributed by atoms with Crippen LogP contribution in [0.25, 0.3) is 0 Å². The van der Waals surface area contributed by atoms with E-state index < -0.39 is 23.4 Å². The Morgan fingerprint density at radius 2 is 1.69 bits per heavy atom. The molecule has 0 saturated heterocycles. The number of hydrogen-bond acceptors (Lipinski definition) is 4. The summed E-state index contributed by atoms with van der Waals surface area (Å²) in [6, 6.07) is 10.8. The van der Waals surface area contributed by atoms with Crippen LogP contribution in [0.5, 0.6) is 5.75 Å². The second-order valence-electron chi connectivity index (χ2n) is 6.17. The number of pyridine rings is 1. The van der Waals surface area contributed by atoms with Crippen LogP contribution < -0.4 is 15.4 Å². The monoisotopic (exact) mass is 397 g/mol. The minimum absolute atomic E-state index is 0.0995. The van der Waals surface area contributed by atoms with Crippen LogP contribution in [0.2, 0.25) is 0 Å². The molecule has 1 aromatic heterocycles. The third kappa shape index (κ3) is 4.73. The van der Waals surface area contributed by atoms with Crippen molar-refractivity contribution in [3.8, 4) is 5.75 Å². The van der Waals surface area contributed by atoms with Gasteiger partial charge in [-0.05, 0) is 48.9 Å². The van der Waals surface area contributed by atoms with E-state index in [2.05, 4.69) is 15.6 Å². The van der Waals surface area contributed by atoms with E-state index in [1.807, 2.05) is 13.0 Å². The molecule has 6 nitrogen and oxygen atoms in total. The minimum Gasteiger partial charge on any atom is -0.495 e. The van der Waals surface area contributed by atoms with Gasteiger partial charge in [0.1, 0.15) is 23.1 Å². The van der Waals surface area contributed by atoms with Crippen molar-refractivity contribution >= 4 is 23.2 Å². The summed E-state index contributed by atoms with van der Waals surface area (Å²) in [5.74, 6) is -2.40. The highest BCUT2D eigenvalue weighted by atomic mass is 19.1. The molecule has 2 amide bonds. The van der Waals surface area contributed by atoms with E-state index in [0.29, 0.717) is 17.5 Å². The maximum absolute atomic E-state index is 13.7. The van der Waals surface area contributed by atoms with Crippen LogP contribution in [0.1, 0.15) is 26.4 Å². The molecular formula is C21H17F2N3O3. The Balaban J connectivity index is 1.79. The van der Waals surface area contributed by atoms with E-state index in [4.69, 9.17) is 4.74 Å². The summed E-state index contributed by atoms with van der Waals surface area (Å²) in [5.41, 5.74) is 1.29. The standard InChI is InChI=1S/C21H17F2N3O3/c1-12-3-6-19(29-2)17(9-12)26-20(27)13-7-8-24-18(10-13)21(28)25-16-5-4-14(22)11-15(16)23/h3-11H,1-2H3,(H,25,28)(H,26,27). The Labute approximate surface area is 165 Å². The van der Waals surface area contributed by atoms with Crippen molar-refractivity contribution in [2.45, 2.75) is 6.92 Å². The molecule has 0 aliphatic carbocycles. The summed E-state index contributed by atoms with van der Waals surface area (Å²) < 4.78 is 32.0. The highest BCUT2D eigenvalue weighted by Crippen LogP contribution is 2.25. The van der Waals surface area contributed by atoms with Crippen LogP contribution in [0, 0.1) is 18.6 Å². The van der Waals surface area contributed by atoms with Crippen molar-refractivity contribution in [1.82, 2.24) is 4.98 Å². The number of anilines is 2. The number of aromatic nitrogens is 1. The highest BCUT2D eigenvalue weighted by molar-refractivity contribution is 6.08. The van der Waals surface area contributed by atoms with Crippen LogP contribution in [-0.2, 0) is 0 Å². The summed E-state index contributed by atoms with van der Waals surface area (Å²) in [6.45, 7) is 1.87. The molecule has 0 spiro atoms. The molecule has 0 bridgehead atoms. The van der Waals surface area contributed by atoms with Gasteiger partial charge in [-0.25, -0.2) is 8.78 Å². The number of nitrogens with one attached hydrogen (secondary N) is 2. The van der Waals surface area contributed by atoms with Gasteiger partial charge in [0.05, 0.1) is 18.5 Å². The van der Waals surface area contributed by atoms with Crippen LogP contribution in [0.4, 0.5) is 20.2 Å². The van der Waals surface area contributed by atoms with E-state index in [-0.39, 0.29) is 16.9 Å². The van der Waals surface area contributed by atoms with E-state index in [0.717, 1.165) is 17.7 Å². The molecule has 29 heavy (non-hydrogen) atoms. The van der Waals surface area contributed by atoms with E-state index in [1.165, 1.54) is 25.4 Å². The lowest BCUT2D eigenvalue weighted by atomic mass is 10.1. The van der Waals surface area contributed by atoms with Gasteiger partial charge in [0.25, 0.3) is 11.8 Å². The Morgan fingerprint density at radius 1 is 0.931 bits per heavy atom. The van der Waals surface area contributed by atoms with Gasteiger partial charge in [-0.3, -0.25) is 14.6 Å². The number of aryl methyl sites for hydroxylation is 1. The van der Waals surface area contributed by atoms with E-state index in [1.54, 1.807) is 12.1 Å². The zero-order valence-electron chi connectivity index (χ0n) is 15.6. The normalized spacial score (nSPS) is 10.3. The number of hydrogen-bond donors (Lipinski definition) is 2. The van der Waals surface area contributed by atoms with Crippen molar-refractivity contribution in [2.24, 2.45) is 0 Å². The van der Waals surface area contributed by atoms with Gasteiger partial charge in [0, 0.05) is 17.8 Å². The van der Waals surface area contributed by atoms with Gasteiger partial charge in [0.15, 0.2) is 0 Å². The van der Waals surface area contributed by atoms with Crippen LogP contribution >= 0.6 is 0 Å². The summed E-state index contributed by atoms with van der Waals surface area (Å²) in [7, 11) is 1.49. The molecule has 0 fully saturated rings. The first kappa shape index (κ1) is 19.9. The lowest BCUT2D eigenvalue weighted by Crippen LogP contribution is -2.17. The third-order valence-electron chi connectivity index (χ3n) is 4.04. The van der Waals surface area contributed by atoms with Gasteiger partial charge in [-0.1, -0.05) is 6.07 Å². The minimum atomic E-state index is -0.918. The first-order chi connectivity index (χ1) is 13.9. The van der Waals surface area contributed by atoms with Crippen LogP contribution in [0.3, 0.4) is 0 Å². The molecule has 3 aromatic rings. The number of ether oxygens (including phenoxy) is 1. The number of carbonyl (C=O) groups excluding carboxylic acids is 2. The second-order valence-corrected chi connectivity index (χ2v) is 6.17. The lowest BCUT2D eigenvalue weighted by molar-refractivity contribution is 0.102. The lowest BCUT2D eigenvalue weighted by Gasteiger charge is -2.11. The number of methoxy groups -OCH3 is 1.